The first-order chi connectivity index (χ1) is 9.00. The molecule has 0 fully saturated rings. The number of carbonyl (C=O) groups excluding carboxylic acids is 1. The molecule has 3 N–H and O–H groups in total. The fourth-order valence-corrected chi connectivity index (χ4v) is 2.12. The zero-order valence-electron chi connectivity index (χ0n) is 10.2. The zero-order chi connectivity index (χ0) is 14.0. The second-order valence-electron chi connectivity index (χ2n) is 4.09. The number of aryl methyl sites for hydroxylation is 1. The fourth-order valence-electron chi connectivity index (χ4n) is 1.68. The summed E-state index contributed by atoms with van der Waals surface area (Å²) in [4.78, 5) is 12.1. The molecule has 5 heteroatoms. The summed E-state index contributed by atoms with van der Waals surface area (Å²) in [5.41, 5.74) is 7.48. The minimum atomic E-state index is -0.506. The van der Waals surface area contributed by atoms with Gasteiger partial charge in [-0.05, 0) is 46.6 Å². The van der Waals surface area contributed by atoms with E-state index in [2.05, 4.69) is 21.2 Å². The van der Waals surface area contributed by atoms with Gasteiger partial charge in [-0.1, -0.05) is 18.2 Å². The predicted molar refractivity (Wildman–Crippen MR) is 77.6 cm³/mol. The van der Waals surface area contributed by atoms with Crippen LogP contribution in [0.25, 0.3) is 0 Å². The first-order valence-electron chi connectivity index (χ1n) is 5.61. The molecule has 98 valence electrons. The Morgan fingerprint density at radius 1 is 1.26 bits per heavy atom. The van der Waals surface area contributed by atoms with E-state index in [1.807, 2.05) is 13.0 Å². The van der Waals surface area contributed by atoms with Crippen LogP contribution in [0.2, 0.25) is 0 Å². The Morgan fingerprint density at radius 3 is 2.63 bits per heavy atom. The van der Waals surface area contributed by atoms with Gasteiger partial charge in [-0.25, -0.2) is 4.39 Å². The fraction of sp³-hybridized carbons (Fsp3) is 0.0714. The largest absolute Gasteiger partial charge is 0.398 e. The van der Waals surface area contributed by atoms with E-state index in [1.165, 1.54) is 6.07 Å². The summed E-state index contributed by atoms with van der Waals surface area (Å²) in [5, 5.41) is 2.52. The highest BCUT2D eigenvalue weighted by molar-refractivity contribution is 9.10. The van der Waals surface area contributed by atoms with E-state index in [1.54, 1.807) is 24.3 Å². The number of nitrogens with two attached hydrogens (primary N) is 1. The van der Waals surface area contributed by atoms with Gasteiger partial charge in [-0.15, -0.1) is 0 Å². The number of benzene rings is 2. The molecule has 0 heterocycles. The number of hydrogen-bond donors (Lipinski definition) is 2. The number of nitrogens with one attached hydrogen (secondary N) is 1. The number of rotatable bonds is 2. The molecule has 1 amide bonds. The second-order valence-corrected chi connectivity index (χ2v) is 4.94. The van der Waals surface area contributed by atoms with Crippen molar-refractivity contribution in [1.29, 1.82) is 0 Å². The van der Waals surface area contributed by atoms with Crippen LogP contribution in [0.15, 0.2) is 40.9 Å². The van der Waals surface area contributed by atoms with Crippen molar-refractivity contribution in [3.8, 4) is 0 Å². The lowest BCUT2D eigenvalue weighted by molar-refractivity contribution is 0.102. The Bertz CT molecular complexity index is 623. The molecule has 0 aromatic heterocycles. The molecule has 0 saturated heterocycles. The molecule has 19 heavy (non-hydrogen) atoms. The van der Waals surface area contributed by atoms with E-state index in [4.69, 9.17) is 5.73 Å². The zero-order valence-corrected chi connectivity index (χ0v) is 11.8. The van der Waals surface area contributed by atoms with Gasteiger partial charge in [-0.3, -0.25) is 4.79 Å². The smallest absolute Gasteiger partial charge is 0.257 e. The quantitative estimate of drug-likeness (QED) is 0.828. The van der Waals surface area contributed by atoms with E-state index in [-0.39, 0.29) is 5.69 Å². The Balaban J connectivity index is 2.34. The Morgan fingerprint density at radius 2 is 1.95 bits per heavy atom. The van der Waals surface area contributed by atoms with Crippen molar-refractivity contribution in [1.82, 2.24) is 0 Å². The number of halogens is 2. The lowest BCUT2D eigenvalue weighted by Gasteiger charge is -2.11. The third-order valence-electron chi connectivity index (χ3n) is 2.77. The maximum absolute atomic E-state index is 13.6. The predicted octanol–water partition coefficient (Wildman–Crippen LogP) is 3.73. The van der Waals surface area contributed by atoms with E-state index >= 15 is 0 Å². The highest BCUT2D eigenvalue weighted by atomic mass is 79.9. The van der Waals surface area contributed by atoms with Gasteiger partial charge < -0.3 is 11.1 Å². The van der Waals surface area contributed by atoms with Gasteiger partial charge >= 0.3 is 0 Å². The average Bonchev–Trinajstić information content (AvgIpc) is 2.37. The highest BCUT2D eigenvalue weighted by Gasteiger charge is 2.14. The lowest BCUT2D eigenvalue weighted by atomic mass is 10.1. The SMILES string of the molecule is Cc1cccc(C(=O)Nc2c(F)cccc2Br)c1N. The van der Waals surface area contributed by atoms with Crippen LogP contribution in [0.3, 0.4) is 0 Å². The molecule has 0 spiro atoms. The van der Waals surface area contributed by atoms with E-state index in [0.29, 0.717) is 15.7 Å². The third kappa shape index (κ3) is 2.76. The minimum Gasteiger partial charge on any atom is -0.398 e. The average molecular weight is 323 g/mol. The molecular weight excluding hydrogens is 311 g/mol. The summed E-state index contributed by atoms with van der Waals surface area (Å²) in [5.74, 6) is -0.944. The van der Waals surface area contributed by atoms with E-state index in [0.717, 1.165) is 5.56 Å². The van der Waals surface area contributed by atoms with Crippen LogP contribution in [0.1, 0.15) is 15.9 Å². The molecule has 2 rings (SSSR count). The molecule has 2 aromatic rings. The summed E-state index contributed by atoms with van der Waals surface area (Å²) < 4.78 is 14.1. The Hall–Kier alpha value is -1.88. The van der Waals surface area contributed by atoms with Crippen LogP contribution in [0.4, 0.5) is 15.8 Å². The first-order valence-corrected chi connectivity index (χ1v) is 6.40. The number of amides is 1. The molecule has 0 aliphatic rings. The number of nitrogen functional groups attached to an aromatic ring is 1. The summed E-state index contributed by atoms with van der Waals surface area (Å²) in [7, 11) is 0. The van der Waals surface area contributed by atoms with Crippen LogP contribution >= 0.6 is 15.9 Å². The van der Waals surface area contributed by atoms with Crippen molar-refractivity contribution >= 4 is 33.2 Å². The van der Waals surface area contributed by atoms with Gasteiger partial charge in [0.2, 0.25) is 0 Å². The van der Waals surface area contributed by atoms with Gasteiger partial charge in [0.05, 0.1) is 11.3 Å². The summed E-state index contributed by atoms with van der Waals surface area (Å²) in [6, 6.07) is 9.63. The van der Waals surface area contributed by atoms with Gasteiger partial charge in [-0.2, -0.15) is 0 Å². The molecule has 3 nitrogen and oxygen atoms in total. The Labute approximate surface area is 118 Å². The van der Waals surface area contributed by atoms with Crippen molar-refractivity contribution < 1.29 is 9.18 Å². The molecule has 0 bridgehead atoms. The number of carbonyl (C=O) groups is 1. The van der Waals surface area contributed by atoms with Gasteiger partial charge in [0.15, 0.2) is 0 Å². The monoisotopic (exact) mass is 322 g/mol. The highest BCUT2D eigenvalue weighted by Crippen LogP contribution is 2.26. The number of anilines is 2. The van der Waals surface area contributed by atoms with Crippen molar-refractivity contribution in [3.05, 3.63) is 57.8 Å². The second kappa shape index (κ2) is 5.40. The lowest BCUT2D eigenvalue weighted by Crippen LogP contribution is -2.15. The molecule has 0 atom stereocenters. The maximum atomic E-state index is 13.6. The third-order valence-corrected chi connectivity index (χ3v) is 3.43. The molecule has 0 radical (unpaired) electrons. The molecule has 0 unspecified atom stereocenters. The first kappa shape index (κ1) is 13.5. The van der Waals surface area contributed by atoms with Gasteiger partial charge in [0, 0.05) is 10.2 Å². The molecule has 0 aliphatic heterocycles. The maximum Gasteiger partial charge on any atom is 0.257 e. The van der Waals surface area contributed by atoms with Crippen molar-refractivity contribution in [2.45, 2.75) is 6.92 Å². The number of hydrogen-bond acceptors (Lipinski definition) is 2. The Kier molecular flexibility index (Phi) is 3.85. The van der Waals surface area contributed by atoms with E-state index < -0.39 is 11.7 Å². The van der Waals surface area contributed by atoms with Crippen molar-refractivity contribution in [2.75, 3.05) is 11.1 Å². The van der Waals surface area contributed by atoms with Crippen LogP contribution in [0.5, 0.6) is 0 Å². The molecule has 0 aliphatic carbocycles. The van der Waals surface area contributed by atoms with Crippen LogP contribution < -0.4 is 11.1 Å². The van der Waals surface area contributed by atoms with Gasteiger partial charge in [0.25, 0.3) is 5.91 Å². The number of para-hydroxylation sites is 2. The van der Waals surface area contributed by atoms with Gasteiger partial charge in [0.1, 0.15) is 5.82 Å². The molecule has 2 aromatic carbocycles. The summed E-state index contributed by atoms with van der Waals surface area (Å²) in [6.45, 7) is 1.81. The van der Waals surface area contributed by atoms with Crippen LogP contribution in [-0.2, 0) is 0 Å². The van der Waals surface area contributed by atoms with Crippen molar-refractivity contribution in [3.63, 3.8) is 0 Å². The summed E-state index contributed by atoms with van der Waals surface area (Å²) >= 11 is 3.20. The van der Waals surface area contributed by atoms with E-state index in [9.17, 15) is 9.18 Å². The van der Waals surface area contributed by atoms with Crippen LogP contribution in [-0.4, -0.2) is 5.91 Å². The minimum absolute atomic E-state index is 0.105. The van der Waals surface area contributed by atoms with Crippen LogP contribution in [0, 0.1) is 12.7 Å². The normalized spacial score (nSPS) is 10.3. The van der Waals surface area contributed by atoms with Crippen molar-refractivity contribution in [2.24, 2.45) is 0 Å². The topological polar surface area (TPSA) is 55.1 Å². The molecule has 0 saturated carbocycles. The summed E-state index contributed by atoms with van der Waals surface area (Å²) in [6.07, 6.45) is 0. The molecular formula is C14H12BrFN2O. The standard InChI is InChI=1S/C14H12BrFN2O/c1-8-4-2-5-9(12(8)17)14(19)18-13-10(15)6-3-7-11(13)16/h2-7H,17H2,1H3,(H,18,19).